The average Bonchev–Trinajstić information content (AvgIpc) is 2.49. The highest BCUT2D eigenvalue weighted by Gasteiger charge is 2.06. The Hall–Kier alpha value is -2.82. The summed E-state index contributed by atoms with van der Waals surface area (Å²) in [5.74, 6) is 0.223. The molecule has 2 amide bonds. The Kier molecular flexibility index (Phi) is 5.14. The number of carbonyl (C=O) groups excluding carboxylic acids is 2. The number of aryl methyl sites for hydroxylation is 1. The Balaban J connectivity index is 1.95. The number of carbonyl (C=O) groups is 2. The van der Waals surface area contributed by atoms with E-state index in [0.29, 0.717) is 17.1 Å². The van der Waals surface area contributed by atoms with Crippen LogP contribution in [0.1, 0.15) is 12.5 Å². The normalized spacial score (nSPS) is 9.91. The zero-order valence-electron chi connectivity index (χ0n) is 12.6. The van der Waals surface area contributed by atoms with Gasteiger partial charge in [0.15, 0.2) is 6.61 Å². The standard InChI is InChI=1S/C17H18N2O3/c1-12-8-9-14(10-16(12)18-13(2)20)19-17(21)11-22-15-6-4-3-5-7-15/h3-10H,11H2,1-2H3,(H,18,20)(H,19,21). The predicted molar refractivity (Wildman–Crippen MR) is 86.0 cm³/mol. The number of hydrogen-bond acceptors (Lipinski definition) is 3. The van der Waals surface area contributed by atoms with Crippen LogP contribution in [0.5, 0.6) is 5.75 Å². The fraction of sp³-hybridized carbons (Fsp3) is 0.176. The molecule has 0 fully saturated rings. The van der Waals surface area contributed by atoms with Crippen LogP contribution in [0.3, 0.4) is 0 Å². The van der Waals surface area contributed by atoms with E-state index in [1.54, 1.807) is 24.3 Å². The lowest BCUT2D eigenvalue weighted by atomic mass is 10.1. The summed E-state index contributed by atoms with van der Waals surface area (Å²) < 4.78 is 5.38. The molecule has 2 aromatic rings. The lowest BCUT2D eigenvalue weighted by molar-refractivity contribution is -0.118. The summed E-state index contributed by atoms with van der Waals surface area (Å²) in [5.41, 5.74) is 2.21. The van der Waals surface area contributed by atoms with Gasteiger partial charge in [-0.25, -0.2) is 0 Å². The first-order valence-electron chi connectivity index (χ1n) is 6.90. The van der Waals surface area contributed by atoms with E-state index in [1.165, 1.54) is 6.92 Å². The monoisotopic (exact) mass is 298 g/mol. The van der Waals surface area contributed by atoms with Crippen LogP contribution in [0.25, 0.3) is 0 Å². The van der Waals surface area contributed by atoms with Crippen LogP contribution in [0.15, 0.2) is 48.5 Å². The molecule has 2 N–H and O–H groups in total. The molecule has 0 bridgehead atoms. The molecule has 0 spiro atoms. The van der Waals surface area contributed by atoms with Crippen molar-refractivity contribution in [2.45, 2.75) is 13.8 Å². The second-order valence-electron chi connectivity index (χ2n) is 4.86. The predicted octanol–water partition coefficient (Wildman–Crippen LogP) is 2.97. The van der Waals surface area contributed by atoms with Gasteiger partial charge in [-0.2, -0.15) is 0 Å². The Labute approximate surface area is 129 Å². The molecule has 2 rings (SSSR count). The third-order valence-electron chi connectivity index (χ3n) is 2.95. The van der Waals surface area contributed by atoms with Gasteiger partial charge in [-0.1, -0.05) is 24.3 Å². The fourth-order valence-electron chi connectivity index (χ4n) is 1.89. The largest absolute Gasteiger partial charge is 0.484 e. The van der Waals surface area contributed by atoms with Crippen molar-refractivity contribution < 1.29 is 14.3 Å². The van der Waals surface area contributed by atoms with Gasteiger partial charge in [-0.15, -0.1) is 0 Å². The van der Waals surface area contributed by atoms with E-state index in [-0.39, 0.29) is 18.4 Å². The van der Waals surface area contributed by atoms with Gasteiger partial charge >= 0.3 is 0 Å². The van der Waals surface area contributed by atoms with Gasteiger partial charge < -0.3 is 15.4 Å². The molecule has 0 unspecified atom stereocenters. The van der Waals surface area contributed by atoms with E-state index < -0.39 is 0 Å². The van der Waals surface area contributed by atoms with E-state index >= 15 is 0 Å². The lowest BCUT2D eigenvalue weighted by Crippen LogP contribution is -2.20. The van der Waals surface area contributed by atoms with Gasteiger partial charge in [-0.05, 0) is 36.8 Å². The van der Waals surface area contributed by atoms with Crippen molar-refractivity contribution in [3.63, 3.8) is 0 Å². The molecule has 0 saturated heterocycles. The molecule has 0 saturated carbocycles. The van der Waals surface area contributed by atoms with Crippen LogP contribution in [0.4, 0.5) is 11.4 Å². The number of nitrogens with one attached hydrogen (secondary N) is 2. The van der Waals surface area contributed by atoms with Crippen LogP contribution in [0, 0.1) is 6.92 Å². The van der Waals surface area contributed by atoms with E-state index in [1.807, 2.05) is 31.2 Å². The Morgan fingerprint density at radius 3 is 2.45 bits per heavy atom. The molecule has 2 aromatic carbocycles. The SMILES string of the molecule is CC(=O)Nc1cc(NC(=O)COc2ccccc2)ccc1C. The fourth-order valence-corrected chi connectivity index (χ4v) is 1.89. The molecule has 0 aliphatic carbocycles. The first-order chi connectivity index (χ1) is 10.5. The molecule has 5 heteroatoms. The van der Waals surface area contributed by atoms with Crippen molar-refractivity contribution in [1.82, 2.24) is 0 Å². The van der Waals surface area contributed by atoms with Crippen LogP contribution in [-0.4, -0.2) is 18.4 Å². The summed E-state index contributed by atoms with van der Waals surface area (Å²) in [6, 6.07) is 14.5. The lowest BCUT2D eigenvalue weighted by Gasteiger charge is -2.11. The van der Waals surface area contributed by atoms with Crippen molar-refractivity contribution >= 4 is 23.2 Å². The zero-order chi connectivity index (χ0) is 15.9. The molecular weight excluding hydrogens is 280 g/mol. The molecular formula is C17H18N2O3. The minimum Gasteiger partial charge on any atom is -0.484 e. The highest BCUT2D eigenvalue weighted by molar-refractivity contribution is 5.94. The van der Waals surface area contributed by atoms with Crippen LogP contribution >= 0.6 is 0 Å². The summed E-state index contributed by atoms with van der Waals surface area (Å²) >= 11 is 0. The quantitative estimate of drug-likeness (QED) is 0.891. The highest BCUT2D eigenvalue weighted by Crippen LogP contribution is 2.20. The zero-order valence-corrected chi connectivity index (χ0v) is 12.6. The van der Waals surface area contributed by atoms with E-state index in [9.17, 15) is 9.59 Å². The van der Waals surface area contributed by atoms with Crippen molar-refractivity contribution in [3.05, 3.63) is 54.1 Å². The smallest absolute Gasteiger partial charge is 0.262 e. The second kappa shape index (κ2) is 7.26. The topological polar surface area (TPSA) is 67.4 Å². The Morgan fingerprint density at radius 1 is 1.05 bits per heavy atom. The summed E-state index contributed by atoms with van der Waals surface area (Å²) in [6.07, 6.45) is 0. The number of amides is 2. The molecule has 22 heavy (non-hydrogen) atoms. The van der Waals surface area contributed by atoms with Crippen molar-refractivity contribution in [2.24, 2.45) is 0 Å². The van der Waals surface area contributed by atoms with Crippen LogP contribution in [0.2, 0.25) is 0 Å². The van der Waals surface area contributed by atoms with Gasteiger partial charge in [-0.3, -0.25) is 9.59 Å². The van der Waals surface area contributed by atoms with E-state index in [2.05, 4.69) is 10.6 Å². The molecule has 0 aliphatic rings. The first-order valence-corrected chi connectivity index (χ1v) is 6.90. The molecule has 0 atom stereocenters. The van der Waals surface area contributed by atoms with Crippen molar-refractivity contribution in [1.29, 1.82) is 0 Å². The second-order valence-corrected chi connectivity index (χ2v) is 4.86. The van der Waals surface area contributed by atoms with Gasteiger partial charge in [0.25, 0.3) is 5.91 Å². The molecule has 0 aliphatic heterocycles. The Morgan fingerprint density at radius 2 is 1.77 bits per heavy atom. The molecule has 114 valence electrons. The number of rotatable bonds is 5. The van der Waals surface area contributed by atoms with Gasteiger partial charge in [0.05, 0.1) is 0 Å². The maximum absolute atomic E-state index is 11.9. The van der Waals surface area contributed by atoms with E-state index in [0.717, 1.165) is 5.56 Å². The summed E-state index contributed by atoms with van der Waals surface area (Å²) in [7, 11) is 0. The molecule has 0 aromatic heterocycles. The van der Waals surface area contributed by atoms with Crippen molar-refractivity contribution in [2.75, 3.05) is 17.2 Å². The summed E-state index contributed by atoms with van der Waals surface area (Å²) in [6.45, 7) is 3.25. The van der Waals surface area contributed by atoms with Gasteiger partial charge in [0.1, 0.15) is 5.75 Å². The number of benzene rings is 2. The minimum atomic E-state index is -0.263. The summed E-state index contributed by atoms with van der Waals surface area (Å²) in [5, 5.41) is 5.46. The van der Waals surface area contributed by atoms with Crippen molar-refractivity contribution in [3.8, 4) is 5.75 Å². The maximum atomic E-state index is 11.9. The molecule has 0 heterocycles. The maximum Gasteiger partial charge on any atom is 0.262 e. The Bertz CT molecular complexity index is 669. The number of ether oxygens (including phenoxy) is 1. The van der Waals surface area contributed by atoms with Crippen LogP contribution < -0.4 is 15.4 Å². The summed E-state index contributed by atoms with van der Waals surface area (Å²) in [4.78, 5) is 23.0. The third kappa shape index (κ3) is 4.63. The third-order valence-corrected chi connectivity index (χ3v) is 2.95. The minimum absolute atomic E-state index is 0.0760. The van der Waals surface area contributed by atoms with Gasteiger partial charge in [0, 0.05) is 18.3 Å². The van der Waals surface area contributed by atoms with Crippen LogP contribution in [-0.2, 0) is 9.59 Å². The number of anilines is 2. The average molecular weight is 298 g/mol. The first kappa shape index (κ1) is 15.6. The molecule has 5 nitrogen and oxygen atoms in total. The number of para-hydroxylation sites is 1. The number of hydrogen-bond donors (Lipinski definition) is 2. The van der Waals surface area contributed by atoms with Gasteiger partial charge in [0.2, 0.25) is 5.91 Å². The highest BCUT2D eigenvalue weighted by atomic mass is 16.5. The van der Waals surface area contributed by atoms with E-state index in [4.69, 9.17) is 4.74 Å². The molecule has 0 radical (unpaired) electrons.